The van der Waals surface area contributed by atoms with E-state index in [2.05, 4.69) is 4.98 Å². The summed E-state index contributed by atoms with van der Waals surface area (Å²) >= 11 is 5.67. The van der Waals surface area contributed by atoms with Crippen LogP contribution in [0.15, 0.2) is 30.3 Å². The molecule has 1 heterocycles. The van der Waals surface area contributed by atoms with Crippen molar-refractivity contribution < 1.29 is 18.3 Å². The molecule has 0 N–H and O–H groups in total. The fraction of sp³-hybridized carbons (Fsp3) is 0.353. The van der Waals surface area contributed by atoms with Crippen molar-refractivity contribution in [2.24, 2.45) is 5.41 Å². The Hall–Kier alpha value is -1.72. The van der Waals surface area contributed by atoms with Crippen LogP contribution >= 0.6 is 11.6 Å². The molecule has 0 aliphatic rings. The van der Waals surface area contributed by atoms with Crippen LogP contribution in [-0.4, -0.2) is 11.6 Å². The van der Waals surface area contributed by atoms with Crippen molar-refractivity contribution in [3.05, 3.63) is 52.7 Å². The Bertz CT molecular complexity index is 687. The van der Waals surface area contributed by atoms with E-state index in [0.29, 0.717) is 12.3 Å². The zero-order valence-electron chi connectivity index (χ0n) is 13.2. The van der Waals surface area contributed by atoms with Crippen molar-refractivity contribution in [3.8, 4) is 11.6 Å². The zero-order valence-corrected chi connectivity index (χ0v) is 14.0. The molecule has 1 aromatic carbocycles. The summed E-state index contributed by atoms with van der Waals surface area (Å²) < 4.78 is 38.3. The third-order valence-corrected chi connectivity index (χ3v) is 2.99. The largest absolute Gasteiger partial charge is 0.433 e. The molecule has 0 amide bonds. The minimum Gasteiger partial charge on any atom is -0.433 e. The zero-order chi connectivity index (χ0) is 17.0. The number of hydrogen-bond acceptors (Lipinski definition) is 3. The fourth-order valence-electron chi connectivity index (χ4n) is 1.74. The van der Waals surface area contributed by atoms with Gasteiger partial charge in [-0.2, -0.15) is 0 Å². The lowest BCUT2D eigenvalue weighted by atomic mass is 9.99. The van der Waals surface area contributed by atoms with Gasteiger partial charge in [0.15, 0.2) is 17.4 Å². The summed E-state index contributed by atoms with van der Waals surface area (Å²) in [5.74, 6) is -1.82. The number of pyridine rings is 1. The first kappa shape index (κ1) is 17.6. The molecule has 3 nitrogen and oxygen atoms in total. The highest BCUT2D eigenvalue weighted by Gasteiger charge is 2.13. The summed E-state index contributed by atoms with van der Waals surface area (Å²) in [4.78, 5) is 4.03. The SMILES string of the molecule is CC(C)(C)COCc1ccc(F)c(Oc2ccc(Cl)cc2F)n1. The van der Waals surface area contributed by atoms with Crippen LogP contribution in [0.2, 0.25) is 5.02 Å². The predicted octanol–water partition coefficient (Wildman–Crippen LogP) is 5.37. The van der Waals surface area contributed by atoms with Gasteiger partial charge in [-0.1, -0.05) is 32.4 Å². The smallest absolute Gasteiger partial charge is 0.256 e. The Kier molecular flexibility index (Phi) is 5.55. The van der Waals surface area contributed by atoms with Crippen LogP contribution < -0.4 is 4.74 Å². The molecule has 124 valence electrons. The van der Waals surface area contributed by atoms with Gasteiger partial charge in [0, 0.05) is 5.02 Å². The molecule has 0 spiro atoms. The van der Waals surface area contributed by atoms with E-state index in [4.69, 9.17) is 21.1 Å². The van der Waals surface area contributed by atoms with Crippen molar-refractivity contribution in [2.75, 3.05) is 6.61 Å². The van der Waals surface area contributed by atoms with Gasteiger partial charge in [0.25, 0.3) is 5.88 Å². The molecule has 0 bridgehead atoms. The van der Waals surface area contributed by atoms with Crippen molar-refractivity contribution in [1.82, 2.24) is 4.98 Å². The van der Waals surface area contributed by atoms with Crippen molar-refractivity contribution in [3.63, 3.8) is 0 Å². The second kappa shape index (κ2) is 7.23. The molecule has 0 aliphatic carbocycles. The molecule has 0 unspecified atom stereocenters. The van der Waals surface area contributed by atoms with Gasteiger partial charge in [-0.15, -0.1) is 0 Å². The van der Waals surface area contributed by atoms with E-state index in [1.54, 1.807) is 0 Å². The highest BCUT2D eigenvalue weighted by molar-refractivity contribution is 6.30. The summed E-state index contributed by atoms with van der Waals surface area (Å²) in [6.45, 7) is 6.89. The molecule has 2 rings (SSSR count). The molecule has 0 saturated carbocycles. The Balaban J connectivity index is 2.11. The number of halogens is 3. The van der Waals surface area contributed by atoms with Gasteiger partial charge in [-0.05, 0) is 35.7 Å². The molecule has 23 heavy (non-hydrogen) atoms. The Morgan fingerprint density at radius 2 is 1.83 bits per heavy atom. The van der Waals surface area contributed by atoms with E-state index < -0.39 is 11.6 Å². The molecular formula is C17H18ClF2NO2. The van der Waals surface area contributed by atoms with Crippen LogP contribution in [0.1, 0.15) is 26.5 Å². The average molecular weight is 342 g/mol. The maximum absolute atomic E-state index is 13.8. The second-order valence-corrected chi connectivity index (χ2v) is 6.76. The first-order chi connectivity index (χ1) is 10.7. The highest BCUT2D eigenvalue weighted by Crippen LogP contribution is 2.27. The van der Waals surface area contributed by atoms with Crippen LogP contribution in [0.3, 0.4) is 0 Å². The van der Waals surface area contributed by atoms with Gasteiger partial charge in [-0.25, -0.2) is 13.8 Å². The minimum atomic E-state index is -0.687. The molecule has 0 aliphatic heterocycles. The fourth-order valence-corrected chi connectivity index (χ4v) is 1.90. The quantitative estimate of drug-likeness (QED) is 0.732. The molecule has 2 aromatic rings. The standard InChI is InChI=1S/C17H18ClF2NO2/c1-17(2,3)10-22-9-12-5-6-13(19)16(21-12)23-15-7-4-11(18)8-14(15)20/h4-8H,9-10H2,1-3H3. The van der Waals surface area contributed by atoms with E-state index in [-0.39, 0.29) is 28.7 Å². The van der Waals surface area contributed by atoms with E-state index in [1.807, 2.05) is 20.8 Å². The summed E-state index contributed by atoms with van der Waals surface area (Å²) in [7, 11) is 0. The molecule has 6 heteroatoms. The van der Waals surface area contributed by atoms with Crippen LogP contribution in [0.25, 0.3) is 0 Å². The summed E-state index contributed by atoms with van der Waals surface area (Å²) in [6, 6.07) is 6.58. The second-order valence-electron chi connectivity index (χ2n) is 6.32. The van der Waals surface area contributed by atoms with Crippen molar-refractivity contribution in [2.45, 2.75) is 27.4 Å². The number of aromatic nitrogens is 1. The number of ether oxygens (including phenoxy) is 2. The minimum absolute atomic E-state index is 0.0196. The van der Waals surface area contributed by atoms with Crippen molar-refractivity contribution in [1.29, 1.82) is 0 Å². The lowest BCUT2D eigenvalue weighted by Gasteiger charge is -2.17. The number of nitrogens with zero attached hydrogens (tertiary/aromatic N) is 1. The van der Waals surface area contributed by atoms with Crippen LogP contribution in [-0.2, 0) is 11.3 Å². The predicted molar refractivity (Wildman–Crippen MR) is 84.8 cm³/mol. The summed E-state index contributed by atoms with van der Waals surface area (Å²) in [6.07, 6.45) is 0. The molecule has 1 aromatic heterocycles. The summed E-state index contributed by atoms with van der Waals surface area (Å²) in [5, 5.41) is 0.229. The molecular weight excluding hydrogens is 324 g/mol. The molecule has 0 saturated heterocycles. The maximum Gasteiger partial charge on any atom is 0.256 e. The third-order valence-electron chi connectivity index (χ3n) is 2.76. The van der Waals surface area contributed by atoms with Crippen LogP contribution in [0.5, 0.6) is 11.6 Å². The molecule has 0 fully saturated rings. The van der Waals surface area contributed by atoms with Gasteiger partial charge in [0.05, 0.1) is 18.9 Å². The molecule has 0 atom stereocenters. The Labute approximate surface area is 139 Å². The van der Waals surface area contributed by atoms with E-state index in [9.17, 15) is 8.78 Å². The normalized spacial score (nSPS) is 11.6. The van der Waals surface area contributed by atoms with E-state index in [1.165, 1.54) is 24.3 Å². The van der Waals surface area contributed by atoms with Gasteiger partial charge >= 0.3 is 0 Å². The van der Waals surface area contributed by atoms with Crippen molar-refractivity contribution >= 4 is 11.6 Å². The third kappa shape index (κ3) is 5.44. The van der Waals surface area contributed by atoms with Gasteiger partial charge < -0.3 is 9.47 Å². The van der Waals surface area contributed by atoms with Gasteiger partial charge in [-0.3, -0.25) is 0 Å². The lowest BCUT2D eigenvalue weighted by molar-refractivity contribution is 0.0578. The monoisotopic (exact) mass is 341 g/mol. The van der Waals surface area contributed by atoms with Gasteiger partial charge in [0.2, 0.25) is 0 Å². The number of hydrogen-bond donors (Lipinski definition) is 0. The highest BCUT2D eigenvalue weighted by atomic mass is 35.5. The first-order valence-electron chi connectivity index (χ1n) is 7.11. The van der Waals surface area contributed by atoms with Gasteiger partial charge in [0.1, 0.15) is 0 Å². The average Bonchev–Trinajstić information content (AvgIpc) is 2.44. The molecule has 0 radical (unpaired) electrons. The number of benzene rings is 1. The maximum atomic E-state index is 13.8. The Morgan fingerprint density at radius 1 is 1.09 bits per heavy atom. The lowest BCUT2D eigenvalue weighted by Crippen LogP contribution is -2.14. The first-order valence-corrected chi connectivity index (χ1v) is 7.48. The van der Waals surface area contributed by atoms with E-state index >= 15 is 0 Å². The topological polar surface area (TPSA) is 31.4 Å². The Morgan fingerprint density at radius 3 is 2.48 bits per heavy atom. The van der Waals surface area contributed by atoms with Crippen LogP contribution in [0.4, 0.5) is 8.78 Å². The number of rotatable bonds is 5. The van der Waals surface area contributed by atoms with Crippen LogP contribution in [0, 0.1) is 17.0 Å². The summed E-state index contributed by atoms with van der Waals surface area (Å²) in [5.41, 5.74) is 0.520. The van der Waals surface area contributed by atoms with E-state index in [0.717, 1.165) is 6.07 Å².